The van der Waals surface area contributed by atoms with Crippen molar-refractivity contribution < 1.29 is 9.72 Å². The quantitative estimate of drug-likeness (QED) is 0.474. The summed E-state index contributed by atoms with van der Waals surface area (Å²) >= 11 is 0. The van der Waals surface area contributed by atoms with E-state index in [1.807, 2.05) is 0 Å². The van der Waals surface area contributed by atoms with Crippen molar-refractivity contribution in [3.05, 3.63) is 71.1 Å². The van der Waals surface area contributed by atoms with Crippen LogP contribution in [0.2, 0.25) is 0 Å². The highest BCUT2D eigenvalue weighted by molar-refractivity contribution is 5.92. The van der Waals surface area contributed by atoms with Gasteiger partial charge in [0.1, 0.15) is 0 Å². The molecule has 0 aliphatic carbocycles. The minimum Gasteiger partial charge on any atom is -0.295 e. The molecule has 0 saturated heterocycles. The zero-order chi connectivity index (χ0) is 14.5. The van der Waals surface area contributed by atoms with Crippen molar-refractivity contribution in [1.29, 1.82) is 0 Å². The minimum absolute atomic E-state index is 0.00556. The number of ketones is 1. The summed E-state index contributed by atoms with van der Waals surface area (Å²) in [6.07, 6.45) is 4.45. The summed E-state index contributed by atoms with van der Waals surface area (Å²) in [4.78, 5) is 26.1. The molecule has 0 unspecified atom stereocenters. The summed E-state index contributed by atoms with van der Waals surface area (Å²) in [5.74, 6) is -0.155. The van der Waals surface area contributed by atoms with Crippen LogP contribution >= 0.6 is 0 Å². The molecule has 5 nitrogen and oxygen atoms in total. The molecule has 0 fully saturated rings. The first kappa shape index (κ1) is 13.6. The molecule has 0 amide bonds. The fraction of sp³-hybridized carbons (Fsp3) is 0.0667. The number of carbonyl (C=O) groups is 1. The molecular weight excluding hydrogens is 256 g/mol. The minimum atomic E-state index is -0.436. The van der Waals surface area contributed by atoms with Gasteiger partial charge in [0, 0.05) is 24.9 Å². The smallest absolute Gasteiger partial charge is 0.277 e. The van der Waals surface area contributed by atoms with Gasteiger partial charge in [-0.15, -0.1) is 0 Å². The second kappa shape index (κ2) is 5.88. The first-order chi connectivity index (χ1) is 9.63. The Labute approximate surface area is 115 Å². The lowest BCUT2D eigenvalue weighted by Crippen LogP contribution is -2.01. The lowest BCUT2D eigenvalue weighted by Gasteiger charge is -2.08. The molecule has 1 aromatic carbocycles. The van der Waals surface area contributed by atoms with Gasteiger partial charge in [-0.3, -0.25) is 19.9 Å². The summed E-state index contributed by atoms with van der Waals surface area (Å²) < 4.78 is 0. The number of aromatic nitrogens is 1. The van der Waals surface area contributed by atoms with Crippen LogP contribution in [0.5, 0.6) is 0 Å². The Morgan fingerprint density at radius 3 is 2.75 bits per heavy atom. The number of rotatable bonds is 5. The van der Waals surface area contributed by atoms with E-state index in [-0.39, 0.29) is 17.9 Å². The number of carbonyl (C=O) groups excluding carboxylic acids is 1. The van der Waals surface area contributed by atoms with E-state index >= 15 is 0 Å². The van der Waals surface area contributed by atoms with Gasteiger partial charge in [-0.25, -0.2) is 0 Å². The number of nitrogens with zero attached hydrogens (tertiary/aromatic N) is 2. The maximum Gasteiger partial charge on any atom is 0.277 e. The fourth-order valence-electron chi connectivity index (χ4n) is 1.95. The van der Waals surface area contributed by atoms with Gasteiger partial charge in [0.15, 0.2) is 5.78 Å². The van der Waals surface area contributed by atoms with Crippen molar-refractivity contribution in [3.8, 4) is 11.1 Å². The van der Waals surface area contributed by atoms with Crippen molar-refractivity contribution in [1.82, 2.24) is 4.98 Å². The van der Waals surface area contributed by atoms with E-state index < -0.39 is 4.92 Å². The molecule has 1 heterocycles. The number of para-hydroxylation sites is 1. The lowest BCUT2D eigenvalue weighted by molar-refractivity contribution is -0.384. The average molecular weight is 268 g/mol. The molecule has 0 aliphatic heterocycles. The summed E-state index contributed by atoms with van der Waals surface area (Å²) in [5.41, 5.74) is 1.77. The zero-order valence-corrected chi connectivity index (χ0v) is 10.7. The van der Waals surface area contributed by atoms with E-state index in [1.54, 1.807) is 36.7 Å². The molecule has 2 aromatic rings. The number of nitro groups is 1. The van der Waals surface area contributed by atoms with Crippen LogP contribution in [0.15, 0.2) is 55.4 Å². The van der Waals surface area contributed by atoms with Crippen LogP contribution < -0.4 is 0 Å². The van der Waals surface area contributed by atoms with Gasteiger partial charge >= 0.3 is 0 Å². The topological polar surface area (TPSA) is 73.1 Å². The van der Waals surface area contributed by atoms with Crippen LogP contribution in [0.25, 0.3) is 11.1 Å². The molecule has 5 heteroatoms. The van der Waals surface area contributed by atoms with E-state index in [9.17, 15) is 14.9 Å². The third-order valence-electron chi connectivity index (χ3n) is 2.89. The summed E-state index contributed by atoms with van der Waals surface area (Å²) in [6, 6.07) is 8.11. The van der Waals surface area contributed by atoms with E-state index in [1.165, 1.54) is 12.1 Å². The van der Waals surface area contributed by atoms with Gasteiger partial charge in [-0.2, -0.15) is 0 Å². The molecule has 2 rings (SSSR count). The molecule has 20 heavy (non-hydrogen) atoms. The number of allylic oxidation sites excluding steroid dienone is 1. The molecule has 1 aromatic heterocycles. The molecule has 0 atom stereocenters. The standard InChI is InChI=1S/C15H12N2O3/c1-2-12(18)9-11-10-16-8-7-13(11)14-5-3-4-6-15(14)17(19)20/h2-8,10H,1,9H2. The highest BCUT2D eigenvalue weighted by Crippen LogP contribution is 2.31. The fourth-order valence-corrected chi connectivity index (χ4v) is 1.95. The first-order valence-electron chi connectivity index (χ1n) is 5.95. The van der Waals surface area contributed by atoms with Gasteiger partial charge in [0.2, 0.25) is 0 Å². The van der Waals surface area contributed by atoms with Gasteiger partial charge in [0.05, 0.1) is 10.5 Å². The number of benzene rings is 1. The van der Waals surface area contributed by atoms with Crippen LogP contribution in [0.4, 0.5) is 5.69 Å². The van der Waals surface area contributed by atoms with Crippen molar-refractivity contribution in [2.24, 2.45) is 0 Å². The predicted octanol–water partition coefficient (Wildman–Crippen LogP) is 2.95. The number of hydrogen-bond donors (Lipinski definition) is 0. The molecule has 0 bridgehead atoms. The number of nitro benzene ring substituents is 1. The number of pyridine rings is 1. The van der Waals surface area contributed by atoms with Crippen LogP contribution in [0.1, 0.15) is 5.56 Å². The normalized spacial score (nSPS) is 10.0. The molecule has 0 aliphatic rings. The monoisotopic (exact) mass is 268 g/mol. The number of hydrogen-bond acceptors (Lipinski definition) is 4. The Morgan fingerprint density at radius 1 is 1.30 bits per heavy atom. The lowest BCUT2D eigenvalue weighted by atomic mass is 9.97. The van der Waals surface area contributed by atoms with E-state index in [0.717, 1.165) is 0 Å². The van der Waals surface area contributed by atoms with E-state index in [4.69, 9.17) is 0 Å². The predicted molar refractivity (Wildman–Crippen MR) is 75.2 cm³/mol. The van der Waals surface area contributed by atoms with Crippen molar-refractivity contribution in [3.63, 3.8) is 0 Å². The Morgan fingerprint density at radius 2 is 2.05 bits per heavy atom. The van der Waals surface area contributed by atoms with E-state index in [0.29, 0.717) is 16.7 Å². The highest BCUT2D eigenvalue weighted by atomic mass is 16.6. The largest absolute Gasteiger partial charge is 0.295 e. The Hall–Kier alpha value is -2.82. The first-order valence-corrected chi connectivity index (χ1v) is 5.95. The summed E-state index contributed by atoms with van der Waals surface area (Å²) in [6.45, 7) is 3.43. The molecule has 0 N–H and O–H groups in total. The SMILES string of the molecule is C=CC(=O)Cc1cnccc1-c1ccccc1[N+](=O)[O-]. The van der Waals surface area contributed by atoms with Crippen LogP contribution in [-0.4, -0.2) is 15.7 Å². The third-order valence-corrected chi connectivity index (χ3v) is 2.89. The van der Waals surface area contributed by atoms with Crippen LogP contribution in [-0.2, 0) is 11.2 Å². The van der Waals surface area contributed by atoms with Gasteiger partial charge in [0.25, 0.3) is 5.69 Å². The van der Waals surface area contributed by atoms with Gasteiger partial charge in [-0.1, -0.05) is 18.7 Å². The molecule has 0 radical (unpaired) electrons. The zero-order valence-electron chi connectivity index (χ0n) is 10.7. The van der Waals surface area contributed by atoms with E-state index in [2.05, 4.69) is 11.6 Å². The molecule has 0 saturated carbocycles. The van der Waals surface area contributed by atoms with Crippen LogP contribution in [0.3, 0.4) is 0 Å². The third kappa shape index (κ3) is 2.77. The second-order valence-electron chi connectivity index (χ2n) is 4.15. The van der Waals surface area contributed by atoms with Crippen molar-refractivity contribution in [2.45, 2.75) is 6.42 Å². The summed E-state index contributed by atoms with van der Waals surface area (Å²) in [5, 5.41) is 11.1. The highest BCUT2D eigenvalue weighted by Gasteiger charge is 2.17. The second-order valence-corrected chi connectivity index (χ2v) is 4.15. The van der Waals surface area contributed by atoms with Crippen LogP contribution in [0, 0.1) is 10.1 Å². The Kier molecular flexibility index (Phi) is 4.00. The summed E-state index contributed by atoms with van der Waals surface area (Å²) in [7, 11) is 0. The molecule has 0 spiro atoms. The Bertz CT molecular complexity index is 680. The maximum absolute atomic E-state index is 11.5. The molecule has 100 valence electrons. The average Bonchev–Trinajstić information content (AvgIpc) is 2.47. The maximum atomic E-state index is 11.5. The Balaban J connectivity index is 2.56. The van der Waals surface area contributed by atoms with Crippen molar-refractivity contribution >= 4 is 11.5 Å². The van der Waals surface area contributed by atoms with Gasteiger partial charge < -0.3 is 0 Å². The van der Waals surface area contributed by atoms with Gasteiger partial charge in [-0.05, 0) is 29.3 Å². The molecular formula is C15H12N2O3. The van der Waals surface area contributed by atoms with Crippen molar-refractivity contribution in [2.75, 3.05) is 0 Å².